The first kappa shape index (κ1) is 18.4. The van der Waals surface area contributed by atoms with Crippen molar-refractivity contribution in [2.24, 2.45) is 0 Å². The van der Waals surface area contributed by atoms with Crippen molar-refractivity contribution in [3.05, 3.63) is 33.9 Å². The van der Waals surface area contributed by atoms with Gasteiger partial charge in [-0.1, -0.05) is 19.8 Å². The van der Waals surface area contributed by atoms with E-state index in [1.54, 1.807) is 0 Å². The zero-order valence-electron chi connectivity index (χ0n) is 13.2. The van der Waals surface area contributed by atoms with Crippen molar-refractivity contribution in [1.82, 2.24) is 5.32 Å². The second-order valence-electron chi connectivity index (χ2n) is 4.78. The molecule has 0 saturated heterocycles. The number of benzene rings is 1. The second kappa shape index (κ2) is 9.39. The Kier molecular flexibility index (Phi) is 7.52. The molecule has 126 valence electrons. The number of methoxy groups -OCH3 is 1. The topological polar surface area (TPSA) is 108 Å². The smallest absolute Gasteiger partial charge is 0.338 e. The Labute approximate surface area is 133 Å². The predicted molar refractivity (Wildman–Crippen MR) is 82.5 cm³/mol. The summed E-state index contributed by atoms with van der Waals surface area (Å²) in [5.74, 6) is -1.17. The van der Waals surface area contributed by atoms with Crippen LogP contribution in [0.3, 0.4) is 0 Å². The SMILES string of the molecule is CCCCCNC(=O)COC(=O)c1ccc(OC)c([N+](=O)[O-])c1. The molecule has 0 saturated carbocycles. The Bertz CT molecular complexity index is 573. The molecule has 0 aliphatic carbocycles. The van der Waals surface area contributed by atoms with E-state index in [4.69, 9.17) is 9.47 Å². The minimum atomic E-state index is -0.806. The van der Waals surface area contributed by atoms with E-state index in [9.17, 15) is 19.7 Å². The van der Waals surface area contributed by atoms with Crippen molar-refractivity contribution in [2.45, 2.75) is 26.2 Å². The van der Waals surface area contributed by atoms with Crippen molar-refractivity contribution < 1.29 is 24.0 Å². The van der Waals surface area contributed by atoms with Crippen molar-refractivity contribution in [2.75, 3.05) is 20.3 Å². The molecule has 23 heavy (non-hydrogen) atoms. The maximum Gasteiger partial charge on any atom is 0.338 e. The maximum absolute atomic E-state index is 11.8. The molecule has 1 aromatic carbocycles. The summed E-state index contributed by atoms with van der Waals surface area (Å²) in [4.78, 5) is 33.6. The third-order valence-corrected chi connectivity index (χ3v) is 3.05. The number of unbranched alkanes of at least 4 members (excludes halogenated alkanes) is 2. The van der Waals surface area contributed by atoms with Crippen molar-refractivity contribution >= 4 is 17.6 Å². The van der Waals surface area contributed by atoms with Gasteiger partial charge in [0.25, 0.3) is 5.91 Å². The van der Waals surface area contributed by atoms with Gasteiger partial charge in [-0.3, -0.25) is 14.9 Å². The van der Waals surface area contributed by atoms with Crippen LogP contribution in [-0.4, -0.2) is 37.1 Å². The summed E-state index contributed by atoms with van der Waals surface area (Å²) in [5, 5.41) is 13.5. The van der Waals surface area contributed by atoms with Crippen LogP contribution < -0.4 is 10.1 Å². The molecule has 0 fully saturated rings. The number of nitrogens with one attached hydrogen (secondary N) is 1. The summed E-state index contributed by atoms with van der Waals surface area (Å²) in [5.41, 5.74) is -0.359. The number of carbonyl (C=O) groups excluding carboxylic acids is 2. The average Bonchev–Trinajstić information content (AvgIpc) is 2.55. The summed E-state index contributed by atoms with van der Waals surface area (Å²) in [6.07, 6.45) is 2.91. The molecule has 0 radical (unpaired) electrons. The number of nitro benzene ring substituents is 1. The van der Waals surface area contributed by atoms with E-state index in [1.807, 2.05) is 0 Å². The summed E-state index contributed by atoms with van der Waals surface area (Å²) >= 11 is 0. The van der Waals surface area contributed by atoms with Gasteiger partial charge in [-0.15, -0.1) is 0 Å². The van der Waals surface area contributed by atoms with Crippen LogP contribution in [-0.2, 0) is 9.53 Å². The van der Waals surface area contributed by atoms with Crippen molar-refractivity contribution in [1.29, 1.82) is 0 Å². The van der Waals surface area contributed by atoms with E-state index in [0.29, 0.717) is 6.54 Å². The lowest BCUT2D eigenvalue weighted by Gasteiger charge is -2.07. The van der Waals surface area contributed by atoms with Crippen LogP contribution in [0, 0.1) is 10.1 Å². The molecular weight excluding hydrogens is 304 g/mol. The molecule has 0 spiro atoms. The number of rotatable bonds is 9. The fourth-order valence-corrected chi connectivity index (χ4v) is 1.83. The van der Waals surface area contributed by atoms with Gasteiger partial charge in [0.05, 0.1) is 17.6 Å². The molecule has 8 heteroatoms. The third-order valence-electron chi connectivity index (χ3n) is 3.05. The van der Waals surface area contributed by atoms with Gasteiger partial charge in [0.15, 0.2) is 12.4 Å². The third kappa shape index (κ3) is 5.93. The molecule has 0 aliphatic rings. The first-order chi connectivity index (χ1) is 11.0. The van der Waals surface area contributed by atoms with Gasteiger partial charge in [0.1, 0.15) is 0 Å². The lowest BCUT2D eigenvalue weighted by molar-refractivity contribution is -0.385. The number of hydrogen-bond donors (Lipinski definition) is 1. The highest BCUT2D eigenvalue weighted by Crippen LogP contribution is 2.27. The summed E-state index contributed by atoms with van der Waals surface area (Å²) in [7, 11) is 1.29. The number of esters is 1. The number of amides is 1. The molecular formula is C15H20N2O6. The molecule has 0 bridgehead atoms. The Morgan fingerprint density at radius 3 is 2.65 bits per heavy atom. The first-order valence-electron chi connectivity index (χ1n) is 7.25. The Morgan fingerprint density at radius 2 is 2.04 bits per heavy atom. The molecule has 0 atom stereocenters. The fraction of sp³-hybridized carbons (Fsp3) is 0.467. The van der Waals surface area contributed by atoms with Crippen LogP contribution in [0.25, 0.3) is 0 Å². The molecule has 0 unspecified atom stereocenters. The van der Waals surface area contributed by atoms with Crippen LogP contribution in [0.15, 0.2) is 18.2 Å². The lowest BCUT2D eigenvalue weighted by Crippen LogP contribution is -2.29. The summed E-state index contributed by atoms with van der Waals surface area (Å²) in [6, 6.07) is 3.70. The minimum Gasteiger partial charge on any atom is -0.490 e. The van der Waals surface area contributed by atoms with Crippen LogP contribution in [0.4, 0.5) is 5.69 Å². The van der Waals surface area contributed by atoms with Gasteiger partial charge in [0.2, 0.25) is 0 Å². The van der Waals surface area contributed by atoms with E-state index >= 15 is 0 Å². The molecule has 0 aromatic heterocycles. The van der Waals surface area contributed by atoms with Gasteiger partial charge < -0.3 is 14.8 Å². The first-order valence-corrected chi connectivity index (χ1v) is 7.25. The van der Waals surface area contributed by atoms with Crippen LogP contribution >= 0.6 is 0 Å². The zero-order valence-corrected chi connectivity index (χ0v) is 13.2. The highest BCUT2D eigenvalue weighted by Gasteiger charge is 2.19. The summed E-state index contributed by atoms with van der Waals surface area (Å²) < 4.78 is 9.69. The molecule has 8 nitrogen and oxygen atoms in total. The van der Waals surface area contributed by atoms with Crippen molar-refractivity contribution in [3.8, 4) is 5.75 Å². The summed E-state index contributed by atoms with van der Waals surface area (Å²) in [6.45, 7) is 2.15. The zero-order chi connectivity index (χ0) is 17.2. The lowest BCUT2D eigenvalue weighted by atomic mass is 10.2. The van der Waals surface area contributed by atoms with E-state index < -0.39 is 23.4 Å². The number of hydrogen-bond acceptors (Lipinski definition) is 6. The van der Waals surface area contributed by atoms with E-state index in [-0.39, 0.29) is 17.0 Å². The van der Waals surface area contributed by atoms with Gasteiger partial charge >= 0.3 is 11.7 Å². The van der Waals surface area contributed by atoms with Crippen LogP contribution in [0.2, 0.25) is 0 Å². The Balaban J connectivity index is 2.56. The standard InChI is InChI=1S/C15H20N2O6/c1-3-4-5-8-16-14(18)10-23-15(19)11-6-7-13(22-2)12(9-11)17(20)21/h6-7,9H,3-5,8,10H2,1-2H3,(H,16,18). The number of carbonyl (C=O) groups is 2. The monoisotopic (exact) mass is 324 g/mol. The van der Waals surface area contributed by atoms with Gasteiger partial charge in [-0.25, -0.2) is 4.79 Å². The molecule has 1 rings (SSSR count). The van der Waals surface area contributed by atoms with Crippen LogP contribution in [0.5, 0.6) is 5.75 Å². The number of nitrogens with zero attached hydrogens (tertiary/aromatic N) is 1. The minimum absolute atomic E-state index is 0.0173. The second-order valence-corrected chi connectivity index (χ2v) is 4.78. The largest absolute Gasteiger partial charge is 0.490 e. The molecule has 0 aliphatic heterocycles. The quantitative estimate of drug-likeness (QED) is 0.322. The fourth-order valence-electron chi connectivity index (χ4n) is 1.83. The Hall–Kier alpha value is -2.64. The van der Waals surface area contributed by atoms with Gasteiger partial charge in [-0.2, -0.15) is 0 Å². The van der Waals surface area contributed by atoms with Crippen LogP contribution in [0.1, 0.15) is 36.5 Å². The molecule has 0 heterocycles. The van der Waals surface area contributed by atoms with Gasteiger partial charge in [-0.05, 0) is 18.6 Å². The van der Waals surface area contributed by atoms with E-state index in [0.717, 1.165) is 25.3 Å². The van der Waals surface area contributed by atoms with Crippen molar-refractivity contribution in [3.63, 3.8) is 0 Å². The predicted octanol–water partition coefficient (Wildman–Crippen LogP) is 2.07. The van der Waals surface area contributed by atoms with Gasteiger partial charge in [0, 0.05) is 12.6 Å². The highest BCUT2D eigenvalue weighted by atomic mass is 16.6. The Morgan fingerprint density at radius 1 is 1.30 bits per heavy atom. The van der Waals surface area contributed by atoms with E-state index in [2.05, 4.69) is 12.2 Å². The molecule has 1 aromatic rings. The highest BCUT2D eigenvalue weighted by molar-refractivity contribution is 5.92. The number of nitro groups is 1. The molecule has 1 amide bonds. The average molecular weight is 324 g/mol. The maximum atomic E-state index is 11.8. The number of ether oxygens (including phenoxy) is 2. The normalized spacial score (nSPS) is 10.0. The molecule has 1 N–H and O–H groups in total. The van der Waals surface area contributed by atoms with E-state index in [1.165, 1.54) is 19.2 Å².